The predicted molar refractivity (Wildman–Crippen MR) is 581 cm³/mol. The third-order valence-corrected chi connectivity index (χ3v) is 26.8. The maximum atomic E-state index is 11.6. The Balaban J connectivity index is -0.000000725. The number of allylic oxidation sites excluding steroid dienone is 37. The highest BCUT2D eigenvalue weighted by Gasteiger charge is 2.32. The lowest BCUT2D eigenvalue weighted by Crippen LogP contribution is -2.35. The maximum absolute atomic E-state index is 11.6. The summed E-state index contributed by atoms with van der Waals surface area (Å²) in [6.45, 7) is 68.2. The summed E-state index contributed by atoms with van der Waals surface area (Å²) in [5.74, 6) is 0.748. The zero-order valence-corrected chi connectivity index (χ0v) is 90.5. The van der Waals surface area contributed by atoms with E-state index >= 15 is 0 Å². The molecule has 0 bridgehead atoms. The summed E-state index contributed by atoms with van der Waals surface area (Å²) in [6.07, 6.45) is 76.6. The molecule has 2 fully saturated rings. The average molecular weight is 1900 g/mol. The molecule has 0 aromatic rings. The summed E-state index contributed by atoms with van der Waals surface area (Å²) < 4.78 is 39.1. The van der Waals surface area contributed by atoms with Crippen molar-refractivity contribution in [2.24, 2.45) is 33.0 Å². The largest absolute Gasteiger partial charge is 0.352 e. The van der Waals surface area contributed by atoms with Crippen molar-refractivity contribution < 1.29 is 47.1 Å². The molecule has 0 aromatic carbocycles. The van der Waals surface area contributed by atoms with Gasteiger partial charge in [0.25, 0.3) is 0 Å². The highest BCUT2D eigenvalue weighted by Crippen LogP contribution is 2.45. The molecule has 0 saturated heterocycles. The van der Waals surface area contributed by atoms with E-state index in [1.807, 2.05) is 78.8 Å². The van der Waals surface area contributed by atoms with E-state index in [1.165, 1.54) is 190 Å². The van der Waals surface area contributed by atoms with E-state index in [9.17, 15) is 33.1 Å². The van der Waals surface area contributed by atoms with Gasteiger partial charge in [-0.15, -0.1) is 0 Å². The van der Waals surface area contributed by atoms with Crippen LogP contribution in [-0.4, -0.2) is 88.9 Å². The van der Waals surface area contributed by atoms with Crippen molar-refractivity contribution in [3.8, 4) is 18.2 Å². The number of aldehydes is 3. The molecule has 2 saturated carbocycles. The topological polar surface area (TPSA) is 223 Å². The van der Waals surface area contributed by atoms with Gasteiger partial charge in [0.2, 0.25) is 7.37 Å². The van der Waals surface area contributed by atoms with E-state index in [2.05, 4.69) is 195 Å². The number of Topliss-reactive ketones (excluding diaryl/α,β-unsaturated/α-hetero) is 2. The van der Waals surface area contributed by atoms with Gasteiger partial charge in [-0.2, -0.15) is 15.8 Å². The van der Waals surface area contributed by atoms with Gasteiger partial charge in [0, 0.05) is 69.7 Å². The zero-order valence-electron chi connectivity index (χ0n) is 88.7. The van der Waals surface area contributed by atoms with Crippen LogP contribution in [0.1, 0.15) is 381 Å². The Morgan fingerprint density at radius 2 is 0.763 bits per heavy atom. The van der Waals surface area contributed by atoms with E-state index in [0.717, 1.165) is 116 Å². The molecule has 135 heavy (non-hydrogen) atoms. The fourth-order valence-corrected chi connectivity index (χ4v) is 18.2. The molecule has 14 nitrogen and oxygen atoms in total. The number of rotatable bonds is 26. The van der Waals surface area contributed by atoms with E-state index in [0.29, 0.717) is 50.1 Å². The van der Waals surface area contributed by atoms with Crippen LogP contribution in [0.15, 0.2) is 222 Å². The normalized spacial score (nSPS) is 18.5. The van der Waals surface area contributed by atoms with E-state index in [1.54, 1.807) is 63.7 Å². The van der Waals surface area contributed by atoms with Crippen molar-refractivity contribution in [2.75, 3.05) is 52.1 Å². The summed E-state index contributed by atoms with van der Waals surface area (Å²) in [5.41, 5.74) is 23.1. The first kappa shape index (κ1) is 133. The summed E-state index contributed by atoms with van der Waals surface area (Å²) in [4.78, 5) is 56.7. The second-order valence-corrected chi connectivity index (χ2v) is 47.8. The summed E-state index contributed by atoms with van der Waals surface area (Å²) in [7, 11) is -4.56. The lowest BCUT2D eigenvalue weighted by Gasteiger charge is -2.28. The van der Waals surface area contributed by atoms with Gasteiger partial charge in [-0.3, -0.25) is 28.5 Å². The number of ether oxygens (including phenoxy) is 2. The molecular weight excluding hydrogens is 1710 g/mol. The summed E-state index contributed by atoms with van der Waals surface area (Å²) in [5, 5.41) is 25.8. The number of ketones is 2. The molecular formula is C119H188N4O10P2. The number of hydrogen-bond acceptors (Lipinski definition) is 13. The smallest absolute Gasteiger partial charge is 0.204 e. The van der Waals surface area contributed by atoms with Crippen LogP contribution in [0.25, 0.3) is 4.85 Å². The molecule has 2 atom stereocenters. The maximum Gasteiger partial charge on any atom is 0.204 e. The fraction of sp³-hybridized carbons (Fsp3) is 0.605. The van der Waals surface area contributed by atoms with Crippen LogP contribution < -0.4 is 0 Å². The molecule has 0 aliphatic heterocycles. The zero-order chi connectivity index (χ0) is 101. The van der Waals surface area contributed by atoms with Crippen molar-refractivity contribution >= 4 is 44.9 Å². The molecule has 0 spiro atoms. The van der Waals surface area contributed by atoms with Crippen LogP contribution >= 0.6 is 14.5 Å². The standard InChI is InChI=1S/C21H29N.C21H30O.C16H23N.C16H24O.C11H20O3.C10H18NOP.C8H14NO2P.C8H12O.C6H10O.2CH4/c2*1-17(15-16-22)9-8-12-20(21(3,4)5)14-13-19-11-7-6-10-18(19)2;2*1-13-7-5-6-8-14(13)9-10-15(11-12-17)16(2,3)4;1-3-13-11(14-4-2)9-7-5-6-8-10(9)12;1-10(2,3)9(7-11-4)8-13(5,6)12;1-4-11-12(3,10)7-8(2)5-6-9;1-7-4-2-3-5-8(7)6-9;7-6-4-2-1-3-5-6;;/h8-9,12-15H,6-7,10-11H2,1-5H3;8-9,12-16H,6-7,10-11H2,1-5H3;9-11H,5-8H2,1-4H3;9-12H,5-8H2,1-4H3;9,11H,3-8H2,1-2H3;7H,8H2,1-3,5-6H3;5H,4,7H2,1-3H3;6H,2-5H2,1H3;1-5H2;2*1H4/b2*9-8+,14-13+,17-15+,20-12-;10-9+,15-11-;10-9+,15-11+;;9-7+;8-5+;;;;. The molecule has 0 N–H and O–H groups in total. The van der Waals surface area contributed by atoms with Gasteiger partial charge in [0.1, 0.15) is 30.4 Å². The molecule has 16 heteroatoms. The molecule has 754 valence electrons. The molecule has 7 aliphatic rings. The minimum absolute atomic E-state index is 0. The summed E-state index contributed by atoms with van der Waals surface area (Å²) in [6, 6.07) is 6.09. The molecule has 0 radical (unpaired) electrons. The van der Waals surface area contributed by atoms with Gasteiger partial charge in [-0.25, -0.2) is 4.85 Å². The Morgan fingerprint density at radius 3 is 1.05 bits per heavy atom. The Bertz CT molecular complexity index is 4530. The predicted octanol–water partition coefficient (Wildman–Crippen LogP) is 34.9. The van der Waals surface area contributed by atoms with E-state index < -0.39 is 14.5 Å². The molecule has 0 aromatic heterocycles. The number of carbonyl (C=O) groups is 5. The first-order chi connectivity index (χ1) is 62.3. The Morgan fingerprint density at radius 1 is 0.422 bits per heavy atom. The highest BCUT2D eigenvalue weighted by atomic mass is 31.2. The molecule has 7 aliphatic carbocycles. The molecule has 0 amide bonds. The first-order valence-electron chi connectivity index (χ1n) is 49.3. The van der Waals surface area contributed by atoms with Crippen molar-refractivity contribution in [3.05, 3.63) is 233 Å². The van der Waals surface area contributed by atoms with Gasteiger partial charge in [-0.1, -0.05) is 256 Å². The quantitative estimate of drug-likeness (QED) is 0.0150. The van der Waals surface area contributed by atoms with Crippen molar-refractivity contribution in [1.29, 1.82) is 15.8 Å². The van der Waals surface area contributed by atoms with Crippen LogP contribution in [0.3, 0.4) is 0 Å². The van der Waals surface area contributed by atoms with E-state index in [-0.39, 0.29) is 54.1 Å². The second kappa shape index (κ2) is 72.9. The lowest BCUT2D eigenvalue weighted by atomic mass is 9.84. The Hall–Kier alpha value is -8.29. The van der Waals surface area contributed by atoms with Crippen LogP contribution in [0, 0.1) is 73.6 Å². The average Bonchev–Trinajstić information content (AvgIpc) is 0.928. The van der Waals surface area contributed by atoms with Crippen molar-refractivity contribution in [3.63, 3.8) is 0 Å². The number of nitrogens with zero attached hydrogens (tertiary/aromatic N) is 4. The van der Waals surface area contributed by atoms with Gasteiger partial charge in [0.15, 0.2) is 12.5 Å². The van der Waals surface area contributed by atoms with Crippen LogP contribution in [0.2, 0.25) is 0 Å². The minimum atomic E-state index is -2.50. The molecule has 7 rings (SSSR count). The van der Waals surface area contributed by atoms with Crippen LogP contribution in [0.5, 0.6) is 0 Å². The number of carbonyl (C=O) groups excluding carboxylic acids is 5. The number of nitriles is 3. The van der Waals surface area contributed by atoms with Crippen LogP contribution in [-0.2, 0) is 47.1 Å². The molecule has 0 heterocycles. The SMILES string of the molecule is C.C.CC1=C(/C=C/C(=C/C#N)C(C)(C)C)CCCC1.CC1=C(/C=C/C(=C/C=C/C(C)=C/C#N)C(C)(C)C)CCCC1.CC1=C(/C=C/C(=C/C=C/C(C)=C/C=O)C(C)(C)C)CCCC1.CC1=C(/C=C/C(=C\C=O)C(C)(C)C)CCCC1.CC1=C(C=O)CCCC1.CCOC(OCC)C1CCCCC1=O.CCOP(C)(=O)C/C(C)=C/C#N.O=C1CCCCC1.[C-]#[N+]/C=C(\CP(C)(C)=O)C(C)(C)C. The Labute approximate surface area is 826 Å². The summed E-state index contributed by atoms with van der Waals surface area (Å²) >= 11 is 0. The third kappa shape index (κ3) is 65.3. The number of hydrogen-bond donors (Lipinski definition) is 0. The first-order valence-corrected chi connectivity index (χ1v) is 54.3. The van der Waals surface area contributed by atoms with E-state index in [4.69, 9.17) is 36.4 Å². The fourth-order valence-electron chi connectivity index (χ4n) is 15.2. The van der Waals surface area contributed by atoms with Gasteiger partial charge in [0.05, 0.1) is 44.4 Å². The minimum Gasteiger partial charge on any atom is -0.352 e. The Kier molecular flexibility index (Phi) is 71.9. The lowest BCUT2D eigenvalue weighted by molar-refractivity contribution is -0.177. The monoisotopic (exact) mass is 1900 g/mol. The third-order valence-electron chi connectivity index (χ3n) is 23.8. The van der Waals surface area contributed by atoms with Gasteiger partial charge in [-0.05, 0) is 344 Å². The van der Waals surface area contributed by atoms with Gasteiger partial charge >= 0.3 is 0 Å². The highest BCUT2D eigenvalue weighted by molar-refractivity contribution is 7.62. The molecule has 2 unspecified atom stereocenters. The van der Waals surface area contributed by atoms with Crippen molar-refractivity contribution in [2.45, 2.75) is 387 Å². The van der Waals surface area contributed by atoms with Crippen LogP contribution in [0.4, 0.5) is 0 Å². The van der Waals surface area contributed by atoms with Gasteiger partial charge < -0.3 is 18.6 Å². The van der Waals surface area contributed by atoms with Crippen molar-refractivity contribution in [1.82, 2.24) is 0 Å². The second-order valence-electron chi connectivity index (χ2n) is 41.7.